The summed E-state index contributed by atoms with van der Waals surface area (Å²) >= 11 is 0. The van der Waals surface area contributed by atoms with Gasteiger partial charge in [-0.05, 0) is 51.4 Å². The Hall–Kier alpha value is -3.33. The Kier molecular flexibility index (Phi) is 4.13. The first-order valence-corrected chi connectivity index (χ1v) is 11.0. The van der Waals surface area contributed by atoms with E-state index in [-0.39, 0.29) is 5.91 Å². The molecule has 32 heavy (non-hydrogen) atoms. The van der Waals surface area contributed by atoms with Crippen LogP contribution in [0.1, 0.15) is 26.7 Å². The molecule has 2 aromatic heterocycles. The number of rotatable bonds is 3. The van der Waals surface area contributed by atoms with E-state index in [0.717, 1.165) is 43.2 Å². The third-order valence-corrected chi connectivity index (χ3v) is 6.59. The highest BCUT2D eigenvalue weighted by atomic mass is 16.5. The number of furan rings is 1. The van der Waals surface area contributed by atoms with E-state index in [2.05, 4.69) is 25.8 Å². The number of hydrogen-bond donors (Lipinski definition) is 3. The van der Waals surface area contributed by atoms with Gasteiger partial charge in [0, 0.05) is 36.8 Å². The molecule has 6 rings (SSSR count). The molecule has 1 amide bonds. The summed E-state index contributed by atoms with van der Waals surface area (Å²) in [4.78, 5) is 23.9. The van der Waals surface area contributed by atoms with Gasteiger partial charge in [0.25, 0.3) is 5.91 Å². The molecule has 0 radical (unpaired) electrons. The average molecular weight is 435 g/mol. The third kappa shape index (κ3) is 3.15. The van der Waals surface area contributed by atoms with Gasteiger partial charge >= 0.3 is 0 Å². The van der Waals surface area contributed by atoms with Crippen LogP contribution in [0.5, 0.6) is 5.75 Å². The largest absolute Gasteiger partial charge is 0.476 e. The Morgan fingerprint density at radius 2 is 2.06 bits per heavy atom. The van der Waals surface area contributed by atoms with Crippen LogP contribution in [0.25, 0.3) is 11.1 Å². The fourth-order valence-corrected chi connectivity index (χ4v) is 4.85. The summed E-state index contributed by atoms with van der Waals surface area (Å²) in [5.74, 6) is 1.76. The van der Waals surface area contributed by atoms with Crippen molar-refractivity contribution in [2.45, 2.75) is 32.3 Å². The summed E-state index contributed by atoms with van der Waals surface area (Å²) in [6, 6.07) is 7.41. The Labute approximate surface area is 185 Å². The van der Waals surface area contributed by atoms with Gasteiger partial charge in [-0.2, -0.15) is 4.98 Å². The van der Waals surface area contributed by atoms with E-state index in [1.807, 2.05) is 24.3 Å². The summed E-state index contributed by atoms with van der Waals surface area (Å²) in [5, 5.41) is 9.71. The van der Waals surface area contributed by atoms with E-state index in [1.54, 1.807) is 20.1 Å². The zero-order valence-corrected chi connectivity index (χ0v) is 18.2. The lowest BCUT2D eigenvalue weighted by atomic mass is 9.74. The quantitative estimate of drug-likeness (QED) is 0.577. The normalized spacial score (nSPS) is 20.9. The molecule has 2 fully saturated rings. The van der Waals surface area contributed by atoms with Crippen LogP contribution in [0.3, 0.4) is 0 Å². The zero-order chi connectivity index (χ0) is 21.9. The van der Waals surface area contributed by atoms with Crippen LogP contribution < -0.4 is 25.6 Å². The number of ether oxygens (including phenoxy) is 1. The fraction of sp³-hybridized carbons (Fsp3) is 0.435. The van der Waals surface area contributed by atoms with Crippen LogP contribution in [0.4, 0.5) is 23.1 Å². The number of carbonyl (C=O) groups is 1. The minimum atomic E-state index is -0.894. The maximum Gasteiger partial charge on any atom is 0.268 e. The number of nitrogens with zero attached hydrogens (tertiary/aromatic N) is 3. The number of amides is 1. The molecule has 1 aromatic carbocycles. The van der Waals surface area contributed by atoms with Crippen molar-refractivity contribution in [2.24, 2.45) is 5.41 Å². The lowest BCUT2D eigenvalue weighted by molar-refractivity contribution is -0.129. The summed E-state index contributed by atoms with van der Waals surface area (Å²) in [6.45, 7) is 7.58. The molecule has 0 bridgehead atoms. The molecule has 5 heterocycles. The molecule has 9 nitrogen and oxygen atoms in total. The van der Waals surface area contributed by atoms with E-state index in [4.69, 9.17) is 14.1 Å². The van der Waals surface area contributed by atoms with Crippen molar-refractivity contribution in [1.29, 1.82) is 0 Å². The lowest BCUT2D eigenvalue weighted by Gasteiger charge is -2.52. The monoisotopic (exact) mass is 434 g/mol. The number of aromatic nitrogens is 2. The van der Waals surface area contributed by atoms with Gasteiger partial charge < -0.3 is 30.0 Å². The van der Waals surface area contributed by atoms with Gasteiger partial charge in [0.2, 0.25) is 5.95 Å². The molecule has 2 saturated heterocycles. The van der Waals surface area contributed by atoms with E-state index in [1.165, 1.54) is 12.8 Å². The van der Waals surface area contributed by atoms with Crippen LogP contribution in [-0.4, -0.2) is 47.7 Å². The number of anilines is 4. The van der Waals surface area contributed by atoms with Gasteiger partial charge in [-0.1, -0.05) is 0 Å². The Morgan fingerprint density at radius 1 is 1.19 bits per heavy atom. The Balaban J connectivity index is 1.27. The number of carbonyl (C=O) groups excluding carboxylic acids is 1. The lowest BCUT2D eigenvalue weighted by Crippen LogP contribution is -2.62. The topological polar surface area (TPSA) is 105 Å². The van der Waals surface area contributed by atoms with Crippen LogP contribution >= 0.6 is 0 Å². The van der Waals surface area contributed by atoms with Gasteiger partial charge in [0.1, 0.15) is 11.3 Å². The first-order valence-electron chi connectivity index (χ1n) is 11.0. The SMILES string of the molecule is CC1(C)Oc2ccc(Nc3nc(N4CC5(CCCNC5)C4)c4occc4n3)cc2NC1=O. The van der Waals surface area contributed by atoms with Crippen LogP contribution in [0, 0.1) is 5.41 Å². The zero-order valence-electron chi connectivity index (χ0n) is 18.2. The van der Waals surface area contributed by atoms with Crippen molar-refractivity contribution < 1.29 is 13.9 Å². The highest BCUT2D eigenvalue weighted by Crippen LogP contribution is 2.41. The van der Waals surface area contributed by atoms with Crippen LogP contribution in [-0.2, 0) is 4.79 Å². The van der Waals surface area contributed by atoms with Gasteiger partial charge in [-0.3, -0.25) is 4.79 Å². The minimum Gasteiger partial charge on any atom is -0.476 e. The number of nitrogens with one attached hydrogen (secondary N) is 3. The van der Waals surface area contributed by atoms with Crippen molar-refractivity contribution >= 4 is 40.1 Å². The van der Waals surface area contributed by atoms with Crippen molar-refractivity contribution in [2.75, 3.05) is 41.7 Å². The van der Waals surface area contributed by atoms with E-state index in [9.17, 15) is 4.79 Å². The van der Waals surface area contributed by atoms with Gasteiger partial charge in [0.05, 0.1) is 12.0 Å². The van der Waals surface area contributed by atoms with E-state index >= 15 is 0 Å². The summed E-state index contributed by atoms with van der Waals surface area (Å²) in [5.41, 5.74) is 2.30. The summed E-state index contributed by atoms with van der Waals surface area (Å²) in [7, 11) is 0. The molecule has 9 heteroatoms. The smallest absolute Gasteiger partial charge is 0.268 e. The number of piperidine rings is 1. The number of hydrogen-bond acceptors (Lipinski definition) is 8. The van der Waals surface area contributed by atoms with Crippen molar-refractivity contribution in [3.63, 3.8) is 0 Å². The second-order valence-electron chi connectivity index (χ2n) is 9.54. The first kappa shape index (κ1) is 19.4. The maximum atomic E-state index is 12.3. The molecule has 1 spiro atoms. The predicted molar refractivity (Wildman–Crippen MR) is 122 cm³/mol. The van der Waals surface area contributed by atoms with Crippen LogP contribution in [0.2, 0.25) is 0 Å². The van der Waals surface area contributed by atoms with E-state index < -0.39 is 5.60 Å². The summed E-state index contributed by atoms with van der Waals surface area (Å²) in [6.07, 6.45) is 4.11. The average Bonchev–Trinajstić information content (AvgIpc) is 3.22. The molecule has 0 aliphatic carbocycles. The Morgan fingerprint density at radius 3 is 2.88 bits per heavy atom. The van der Waals surface area contributed by atoms with E-state index in [0.29, 0.717) is 28.4 Å². The number of fused-ring (bicyclic) bond motifs is 2. The molecule has 0 unspecified atom stereocenters. The first-order chi connectivity index (χ1) is 15.4. The van der Waals surface area contributed by atoms with Gasteiger partial charge in [0.15, 0.2) is 17.0 Å². The van der Waals surface area contributed by atoms with Crippen molar-refractivity contribution in [1.82, 2.24) is 15.3 Å². The molecular weight excluding hydrogens is 408 g/mol. The van der Waals surface area contributed by atoms with Gasteiger partial charge in [-0.15, -0.1) is 0 Å². The minimum absolute atomic E-state index is 0.176. The summed E-state index contributed by atoms with van der Waals surface area (Å²) < 4.78 is 11.5. The fourth-order valence-electron chi connectivity index (χ4n) is 4.85. The molecule has 3 aliphatic heterocycles. The van der Waals surface area contributed by atoms with Gasteiger partial charge in [-0.25, -0.2) is 4.98 Å². The molecule has 3 aromatic rings. The third-order valence-electron chi connectivity index (χ3n) is 6.59. The molecule has 3 N–H and O–H groups in total. The maximum absolute atomic E-state index is 12.3. The van der Waals surface area contributed by atoms with Crippen molar-refractivity contribution in [3.8, 4) is 5.75 Å². The standard InChI is InChI=1S/C23H26N6O3/c1-22(2)20(30)26-16-10-14(4-5-17(16)32-22)25-21-27-15-6-9-31-18(15)19(28-21)29-12-23(13-29)7-3-8-24-11-23/h4-6,9-10,24H,3,7-8,11-13H2,1-2H3,(H,26,30)(H,25,27,28). The van der Waals surface area contributed by atoms with Crippen LogP contribution in [0.15, 0.2) is 34.9 Å². The highest BCUT2D eigenvalue weighted by molar-refractivity contribution is 6.00. The molecule has 0 saturated carbocycles. The second-order valence-corrected chi connectivity index (χ2v) is 9.54. The molecule has 0 atom stereocenters. The van der Waals surface area contributed by atoms with Crippen molar-refractivity contribution in [3.05, 3.63) is 30.5 Å². The second kappa shape index (κ2) is 6.83. The molecule has 3 aliphatic rings. The predicted octanol–water partition coefficient (Wildman–Crippen LogP) is 3.27. The highest BCUT2D eigenvalue weighted by Gasteiger charge is 2.45. The molecular formula is C23H26N6O3. The Bertz CT molecular complexity index is 1210. The number of benzene rings is 1. The molecule has 166 valence electrons.